The number of nitrogens with zero attached hydrogens (tertiary/aromatic N) is 6. The molecule has 1 saturated heterocycles. The van der Waals surface area contributed by atoms with Crippen molar-refractivity contribution in [3.8, 4) is 6.07 Å². The van der Waals surface area contributed by atoms with E-state index >= 15 is 0 Å². The fourth-order valence-electron chi connectivity index (χ4n) is 4.63. The predicted molar refractivity (Wildman–Crippen MR) is 130 cm³/mol. The van der Waals surface area contributed by atoms with Crippen LogP contribution in [0.1, 0.15) is 59.7 Å². The minimum absolute atomic E-state index is 0.188. The molecule has 3 N–H and O–H groups in total. The molecule has 0 saturated carbocycles. The number of hydrogen-bond donors (Lipinski definition) is 3. The van der Waals surface area contributed by atoms with Gasteiger partial charge in [0.15, 0.2) is 0 Å². The first-order valence-corrected chi connectivity index (χ1v) is 12.0. The molecule has 12 heteroatoms. The first kappa shape index (κ1) is 24.7. The van der Waals surface area contributed by atoms with Gasteiger partial charge in [0, 0.05) is 43.5 Å². The van der Waals surface area contributed by atoms with Crippen molar-refractivity contribution in [2.45, 2.75) is 44.0 Å². The Labute approximate surface area is 211 Å². The van der Waals surface area contributed by atoms with Crippen LogP contribution in [0, 0.1) is 11.3 Å². The lowest BCUT2D eigenvalue weighted by molar-refractivity contribution is -0.137. The molecule has 0 amide bonds. The number of aliphatic hydroxyl groups is 1. The van der Waals surface area contributed by atoms with Gasteiger partial charge in [0.2, 0.25) is 5.95 Å². The molecule has 2 aliphatic rings. The van der Waals surface area contributed by atoms with E-state index in [0.717, 1.165) is 36.7 Å². The minimum Gasteiger partial charge on any atom is -0.393 e. The van der Waals surface area contributed by atoms with Crippen LogP contribution in [0.15, 0.2) is 36.8 Å². The molecule has 0 radical (unpaired) electrons. The highest BCUT2D eigenvalue weighted by Crippen LogP contribution is 2.39. The lowest BCUT2D eigenvalue weighted by Gasteiger charge is -2.30. The van der Waals surface area contributed by atoms with Gasteiger partial charge in [-0.2, -0.15) is 18.4 Å². The molecule has 1 fully saturated rings. The summed E-state index contributed by atoms with van der Waals surface area (Å²) in [7, 11) is 0. The summed E-state index contributed by atoms with van der Waals surface area (Å²) in [4.78, 5) is 19.4. The van der Waals surface area contributed by atoms with Crippen LogP contribution in [-0.2, 0) is 6.18 Å². The van der Waals surface area contributed by atoms with Crippen molar-refractivity contribution < 1.29 is 18.3 Å². The van der Waals surface area contributed by atoms with E-state index in [4.69, 9.17) is 0 Å². The van der Waals surface area contributed by atoms with Crippen LogP contribution in [0.25, 0.3) is 0 Å². The SMILES string of the molecule is CC(Nc1ncc(C#N)c(C2CNc3ncc(C(F)(F)F)cc32)n1)c1ccc(N2CCC(O)CC2)nc1. The summed E-state index contributed by atoms with van der Waals surface area (Å²) < 4.78 is 39.8. The van der Waals surface area contributed by atoms with Gasteiger partial charge in [0.1, 0.15) is 17.7 Å². The number of nitrogens with one attached hydrogen (secondary N) is 2. The van der Waals surface area contributed by atoms with Crippen LogP contribution >= 0.6 is 0 Å². The number of hydrogen-bond acceptors (Lipinski definition) is 9. The third-order valence-electron chi connectivity index (χ3n) is 6.77. The molecule has 5 rings (SSSR count). The molecular formula is C25H25F3N8O. The first-order valence-electron chi connectivity index (χ1n) is 12.0. The number of nitriles is 1. The maximum atomic E-state index is 13.3. The van der Waals surface area contributed by atoms with Crippen LogP contribution in [-0.4, -0.2) is 50.8 Å². The average Bonchev–Trinajstić information content (AvgIpc) is 3.32. The quantitative estimate of drug-likeness (QED) is 0.470. The van der Waals surface area contributed by atoms with Gasteiger partial charge in [-0.25, -0.2) is 19.9 Å². The molecule has 9 nitrogen and oxygen atoms in total. The zero-order valence-electron chi connectivity index (χ0n) is 20.0. The Morgan fingerprint density at radius 1 is 1.16 bits per heavy atom. The van der Waals surface area contributed by atoms with Crippen molar-refractivity contribution in [2.75, 3.05) is 35.2 Å². The Kier molecular flexibility index (Phi) is 6.55. The number of piperidine rings is 1. The number of halogens is 3. The van der Waals surface area contributed by atoms with E-state index in [0.29, 0.717) is 29.9 Å². The highest BCUT2D eigenvalue weighted by Gasteiger charge is 2.35. The third kappa shape index (κ3) is 5.13. The number of fused-ring (bicyclic) bond motifs is 1. The summed E-state index contributed by atoms with van der Waals surface area (Å²) in [5.41, 5.74) is 0.903. The van der Waals surface area contributed by atoms with Crippen molar-refractivity contribution in [1.29, 1.82) is 5.26 Å². The summed E-state index contributed by atoms with van der Waals surface area (Å²) in [6.45, 7) is 3.69. The number of alkyl halides is 3. The maximum Gasteiger partial charge on any atom is 0.417 e. The summed E-state index contributed by atoms with van der Waals surface area (Å²) in [5.74, 6) is 0.864. The van der Waals surface area contributed by atoms with E-state index in [1.54, 1.807) is 6.20 Å². The summed E-state index contributed by atoms with van der Waals surface area (Å²) in [5, 5.41) is 25.5. The monoisotopic (exact) mass is 510 g/mol. The molecule has 0 aliphatic carbocycles. The summed E-state index contributed by atoms with van der Waals surface area (Å²) in [6, 6.07) is 6.77. The fourth-order valence-corrected chi connectivity index (χ4v) is 4.63. The van der Waals surface area contributed by atoms with Crippen LogP contribution in [0.3, 0.4) is 0 Å². The van der Waals surface area contributed by atoms with Gasteiger partial charge in [-0.15, -0.1) is 0 Å². The Hall–Kier alpha value is -3.98. The normalized spacial score (nSPS) is 18.6. The highest BCUT2D eigenvalue weighted by molar-refractivity contribution is 5.58. The van der Waals surface area contributed by atoms with Crippen LogP contribution < -0.4 is 15.5 Å². The second-order valence-corrected chi connectivity index (χ2v) is 9.23. The first-order chi connectivity index (χ1) is 17.7. The Morgan fingerprint density at radius 2 is 1.95 bits per heavy atom. The molecule has 0 bridgehead atoms. The zero-order chi connectivity index (χ0) is 26.2. The molecule has 192 valence electrons. The standard InChI is InChI=1S/C25H25F3N8O/c1-14(15-2-3-21(30-10-15)36-6-4-18(37)5-7-36)34-24-33-11-16(9-29)22(35-24)20-13-32-23-19(20)8-17(12-31-23)25(26,27)28/h2-3,8,10-12,14,18,20,37H,4-7,13H2,1H3,(H,31,32)(H,33,34,35). The van der Waals surface area contributed by atoms with Crippen molar-refractivity contribution in [1.82, 2.24) is 19.9 Å². The Balaban J connectivity index is 1.35. The van der Waals surface area contributed by atoms with Gasteiger partial charge in [-0.3, -0.25) is 0 Å². The zero-order valence-corrected chi connectivity index (χ0v) is 20.0. The van der Waals surface area contributed by atoms with Crippen molar-refractivity contribution >= 4 is 17.6 Å². The predicted octanol–water partition coefficient (Wildman–Crippen LogP) is 3.85. The van der Waals surface area contributed by atoms with Gasteiger partial charge in [-0.05, 0) is 37.5 Å². The van der Waals surface area contributed by atoms with Crippen LogP contribution in [0.2, 0.25) is 0 Å². The maximum absolute atomic E-state index is 13.3. The second kappa shape index (κ2) is 9.82. The lowest BCUT2D eigenvalue weighted by atomic mass is 9.95. The molecule has 3 aromatic rings. The number of anilines is 3. The number of rotatable bonds is 5. The molecule has 2 unspecified atom stereocenters. The Bertz CT molecular complexity index is 1320. The molecule has 2 aliphatic heterocycles. The van der Waals surface area contributed by atoms with Gasteiger partial charge in [0.05, 0.1) is 35.2 Å². The van der Waals surface area contributed by atoms with Crippen LogP contribution in [0.5, 0.6) is 0 Å². The number of pyridine rings is 2. The molecule has 2 atom stereocenters. The van der Waals surface area contributed by atoms with Crippen molar-refractivity contribution in [3.05, 3.63) is 64.7 Å². The summed E-state index contributed by atoms with van der Waals surface area (Å²) >= 11 is 0. The van der Waals surface area contributed by atoms with E-state index in [1.165, 1.54) is 6.20 Å². The molecular weight excluding hydrogens is 485 g/mol. The highest BCUT2D eigenvalue weighted by atomic mass is 19.4. The van der Waals surface area contributed by atoms with Gasteiger partial charge >= 0.3 is 6.18 Å². The molecule has 3 aromatic heterocycles. The number of aromatic nitrogens is 4. The van der Waals surface area contributed by atoms with Gasteiger partial charge in [-0.1, -0.05) is 6.07 Å². The largest absolute Gasteiger partial charge is 0.417 e. The third-order valence-corrected chi connectivity index (χ3v) is 6.77. The van der Waals surface area contributed by atoms with Crippen molar-refractivity contribution in [3.63, 3.8) is 0 Å². The van der Waals surface area contributed by atoms with E-state index in [-0.39, 0.29) is 30.2 Å². The topological polar surface area (TPSA) is 123 Å². The minimum atomic E-state index is -4.53. The summed E-state index contributed by atoms with van der Waals surface area (Å²) in [6.07, 6.45) is 0.588. The molecule has 0 aromatic carbocycles. The van der Waals surface area contributed by atoms with Gasteiger partial charge < -0.3 is 20.6 Å². The molecule has 0 spiro atoms. The van der Waals surface area contributed by atoms with E-state index in [9.17, 15) is 23.5 Å². The van der Waals surface area contributed by atoms with E-state index < -0.39 is 17.7 Å². The van der Waals surface area contributed by atoms with Gasteiger partial charge in [0.25, 0.3) is 0 Å². The average molecular weight is 511 g/mol. The second-order valence-electron chi connectivity index (χ2n) is 9.23. The smallest absolute Gasteiger partial charge is 0.393 e. The lowest BCUT2D eigenvalue weighted by Crippen LogP contribution is -2.36. The number of aliphatic hydroxyl groups excluding tert-OH is 1. The van der Waals surface area contributed by atoms with E-state index in [2.05, 4.69) is 35.5 Å². The fraction of sp³-hybridized carbons (Fsp3) is 0.400. The van der Waals surface area contributed by atoms with Crippen molar-refractivity contribution in [2.24, 2.45) is 0 Å². The molecule has 5 heterocycles. The van der Waals surface area contributed by atoms with Crippen LogP contribution in [0.4, 0.5) is 30.8 Å². The van der Waals surface area contributed by atoms with E-state index in [1.807, 2.05) is 25.1 Å². The Morgan fingerprint density at radius 3 is 2.62 bits per heavy atom. The molecule has 37 heavy (non-hydrogen) atoms.